The molecule has 7 heteroatoms. The summed E-state index contributed by atoms with van der Waals surface area (Å²) in [5.41, 5.74) is 3.16. The first-order valence-corrected chi connectivity index (χ1v) is 12.2. The highest BCUT2D eigenvalue weighted by atomic mass is 32.2. The maximum absolute atomic E-state index is 13.8. The molecule has 0 aliphatic carbocycles. The zero-order valence-corrected chi connectivity index (χ0v) is 19.2. The van der Waals surface area contributed by atoms with Crippen LogP contribution in [0.4, 0.5) is 0 Å². The molecule has 168 valence electrons. The minimum absolute atomic E-state index is 0.209. The third kappa shape index (κ3) is 3.73. The van der Waals surface area contributed by atoms with Crippen LogP contribution in [0.2, 0.25) is 0 Å². The molecule has 1 saturated heterocycles. The number of ether oxygens (including phenoxy) is 1. The molecule has 33 heavy (non-hydrogen) atoms. The lowest BCUT2D eigenvalue weighted by atomic mass is 10.2. The number of fused-ring (bicyclic) bond motifs is 1. The molecule has 0 spiro atoms. The fourth-order valence-corrected chi connectivity index (χ4v) is 5.98. The van der Waals surface area contributed by atoms with Gasteiger partial charge in [-0.05, 0) is 36.8 Å². The van der Waals surface area contributed by atoms with Gasteiger partial charge >= 0.3 is 5.97 Å². The van der Waals surface area contributed by atoms with Crippen LogP contribution >= 0.6 is 0 Å². The number of hydrogen-bond donors (Lipinski definition) is 0. The number of aromatic nitrogens is 1. The Morgan fingerprint density at radius 2 is 1.61 bits per heavy atom. The number of methoxy groups -OCH3 is 1. The Morgan fingerprint density at radius 1 is 0.939 bits per heavy atom. The van der Waals surface area contributed by atoms with Gasteiger partial charge in [0.25, 0.3) is 10.0 Å². The van der Waals surface area contributed by atoms with E-state index in [0.717, 1.165) is 16.5 Å². The van der Waals surface area contributed by atoms with Gasteiger partial charge in [-0.2, -0.15) is 0 Å². The summed E-state index contributed by atoms with van der Waals surface area (Å²) in [6.45, 7) is 2.43. The molecule has 1 aromatic heterocycles. The fraction of sp³-hybridized carbons (Fsp3) is 0.192. The van der Waals surface area contributed by atoms with Crippen LogP contribution in [0.5, 0.6) is 0 Å². The molecular formula is C26H24N2O4S. The summed E-state index contributed by atoms with van der Waals surface area (Å²) in [6.07, 6.45) is 0. The number of nitrogens with zero attached hydrogens (tertiary/aromatic N) is 2. The summed E-state index contributed by atoms with van der Waals surface area (Å²) in [6, 6.07) is 24.9. The van der Waals surface area contributed by atoms with Gasteiger partial charge < -0.3 is 4.74 Å². The van der Waals surface area contributed by atoms with Gasteiger partial charge in [-0.1, -0.05) is 66.2 Å². The predicted molar refractivity (Wildman–Crippen MR) is 126 cm³/mol. The monoisotopic (exact) mass is 460 g/mol. The zero-order valence-electron chi connectivity index (χ0n) is 18.4. The van der Waals surface area contributed by atoms with E-state index < -0.39 is 22.1 Å². The van der Waals surface area contributed by atoms with E-state index in [0.29, 0.717) is 17.8 Å². The van der Waals surface area contributed by atoms with Crippen LogP contribution in [0, 0.1) is 6.92 Å². The molecule has 5 rings (SSSR count). The van der Waals surface area contributed by atoms with Gasteiger partial charge in [-0.15, -0.1) is 0 Å². The topological polar surface area (TPSA) is 68.4 Å². The van der Waals surface area contributed by atoms with Gasteiger partial charge in [-0.25, -0.2) is 12.4 Å². The first kappa shape index (κ1) is 21.4. The average Bonchev–Trinajstić information content (AvgIpc) is 3.38. The van der Waals surface area contributed by atoms with E-state index in [2.05, 4.69) is 0 Å². The Hall–Kier alpha value is -3.42. The number of para-hydroxylation sites is 1. The quantitative estimate of drug-likeness (QED) is 0.317. The van der Waals surface area contributed by atoms with Crippen molar-refractivity contribution < 1.29 is 17.9 Å². The van der Waals surface area contributed by atoms with Crippen molar-refractivity contribution >= 4 is 26.9 Å². The maximum atomic E-state index is 13.8. The molecule has 2 heterocycles. The normalized spacial score (nSPS) is 20.0. The molecule has 1 aliphatic heterocycles. The van der Waals surface area contributed by atoms with Crippen molar-refractivity contribution in [3.63, 3.8) is 0 Å². The van der Waals surface area contributed by atoms with Crippen molar-refractivity contribution in [3.8, 4) is 0 Å². The molecule has 3 aromatic carbocycles. The number of aryl methyl sites for hydroxylation is 1. The van der Waals surface area contributed by atoms with Crippen molar-refractivity contribution in [3.05, 3.63) is 102 Å². The number of rotatable bonds is 6. The number of hydrogen-bond acceptors (Lipinski definition) is 5. The van der Waals surface area contributed by atoms with E-state index >= 15 is 0 Å². The van der Waals surface area contributed by atoms with E-state index in [-0.39, 0.29) is 10.9 Å². The number of carbonyl (C=O) groups is 1. The van der Waals surface area contributed by atoms with Crippen LogP contribution < -0.4 is 0 Å². The van der Waals surface area contributed by atoms with Crippen molar-refractivity contribution in [2.75, 3.05) is 7.11 Å². The number of carbonyl (C=O) groups excluding carboxylic acids is 1. The summed E-state index contributed by atoms with van der Waals surface area (Å²) in [7, 11) is -2.53. The summed E-state index contributed by atoms with van der Waals surface area (Å²) >= 11 is 0. The van der Waals surface area contributed by atoms with Gasteiger partial charge in [0.05, 0.1) is 29.3 Å². The van der Waals surface area contributed by atoms with Crippen LogP contribution in [-0.4, -0.2) is 36.4 Å². The summed E-state index contributed by atoms with van der Waals surface area (Å²) in [5, 5.41) is 0.804. The predicted octanol–water partition coefficient (Wildman–Crippen LogP) is 4.29. The van der Waals surface area contributed by atoms with E-state index in [1.165, 1.54) is 11.1 Å². The molecule has 6 nitrogen and oxygen atoms in total. The molecule has 1 fully saturated rings. The van der Waals surface area contributed by atoms with Crippen LogP contribution in [0.25, 0.3) is 10.9 Å². The molecule has 0 amide bonds. The molecular weight excluding hydrogens is 436 g/mol. The molecule has 0 N–H and O–H groups in total. The summed E-state index contributed by atoms with van der Waals surface area (Å²) < 4.78 is 34.1. The minimum atomic E-state index is -3.89. The van der Waals surface area contributed by atoms with Crippen LogP contribution in [0.1, 0.15) is 22.9 Å². The second-order valence-corrected chi connectivity index (χ2v) is 10.1. The molecule has 2 unspecified atom stereocenters. The Balaban J connectivity index is 1.65. The van der Waals surface area contributed by atoms with E-state index in [9.17, 15) is 13.2 Å². The van der Waals surface area contributed by atoms with Gasteiger partial charge in [0, 0.05) is 11.9 Å². The number of benzene rings is 3. The lowest BCUT2D eigenvalue weighted by Gasteiger charge is -2.12. The minimum Gasteiger partial charge on any atom is -0.468 e. The van der Waals surface area contributed by atoms with E-state index in [4.69, 9.17) is 4.74 Å². The smallest absolute Gasteiger partial charge is 0.325 e. The van der Waals surface area contributed by atoms with Crippen molar-refractivity contribution in [2.45, 2.75) is 30.4 Å². The third-order valence-electron chi connectivity index (χ3n) is 6.13. The summed E-state index contributed by atoms with van der Waals surface area (Å²) in [5.74, 6) is -0.375. The van der Waals surface area contributed by atoms with Crippen molar-refractivity contribution in [1.82, 2.24) is 8.87 Å². The lowest BCUT2D eigenvalue weighted by molar-refractivity contribution is -0.141. The first-order valence-electron chi connectivity index (χ1n) is 10.7. The Kier molecular flexibility index (Phi) is 5.31. The maximum Gasteiger partial charge on any atom is 0.325 e. The second-order valence-electron chi connectivity index (χ2n) is 8.28. The highest BCUT2D eigenvalue weighted by Gasteiger charge is 2.56. The van der Waals surface area contributed by atoms with Crippen molar-refractivity contribution in [2.24, 2.45) is 0 Å². The summed E-state index contributed by atoms with van der Waals surface area (Å²) in [4.78, 5) is 14.8. The van der Waals surface area contributed by atoms with E-state index in [1.807, 2.05) is 66.4 Å². The Morgan fingerprint density at radius 3 is 2.30 bits per heavy atom. The second kappa shape index (κ2) is 8.17. The fourth-order valence-electron chi connectivity index (χ4n) is 4.42. The van der Waals surface area contributed by atoms with Crippen LogP contribution in [0.3, 0.4) is 0 Å². The third-order valence-corrected chi connectivity index (χ3v) is 7.89. The molecule has 3 atom stereocenters. The number of esters is 1. The lowest BCUT2D eigenvalue weighted by Crippen LogP contribution is -2.17. The van der Waals surface area contributed by atoms with Gasteiger partial charge in [0.15, 0.2) is 0 Å². The van der Waals surface area contributed by atoms with Crippen LogP contribution in [-0.2, 0) is 26.1 Å². The average molecular weight is 461 g/mol. The van der Waals surface area contributed by atoms with Gasteiger partial charge in [0.2, 0.25) is 0 Å². The molecule has 0 bridgehead atoms. The Labute approximate surface area is 193 Å². The first-order chi connectivity index (χ1) is 15.9. The zero-order chi connectivity index (χ0) is 23.2. The Bertz CT molecular complexity index is 1430. The van der Waals surface area contributed by atoms with E-state index in [1.54, 1.807) is 30.3 Å². The highest BCUT2D eigenvalue weighted by Crippen LogP contribution is 2.47. The highest BCUT2D eigenvalue weighted by molar-refractivity contribution is 7.90. The molecule has 0 radical (unpaired) electrons. The van der Waals surface area contributed by atoms with Crippen molar-refractivity contribution in [1.29, 1.82) is 0 Å². The van der Waals surface area contributed by atoms with Gasteiger partial charge in [-0.3, -0.25) is 9.69 Å². The standard InChI is InChI=1S/C26H24N2O4S/c1-18-12-14-21(15-13-18)33(30,31)28-22-11-7-6-10-20(22)16-23(28)24-25(26(29)32-2)27(24)17-19-8-4-3-5-9-19/h3-16,24-25H,17H2,1-2H3/t24?,25-,27?/m1/s1. The van der Waals surface area contributed by atoms with Gasteiger partial charge in [0.1, 0.15) is 6.04 Å². The molecule has 1 aliphatic rings. The van der Waals surface area contributed by atoms with Crippen LogP contribution in [0.15, 0.2) is 89.8 Å². The SMILES string of the molecule is COC(=O)[C@H]1C(c2cc3ccccc3n2S(=O)(=O)c2ccc(C)cc2)N1Cc1ccccc1. The molecule has 0 saturated carbocycles. The molecule has 4 aromatic rings. The largest absolute Gasteiger partial charge is 0.468 e.